The first-order valence-electron chi connectivity index (χ1n) is 9.84. The van der Waals surface area contributed by atoms with Crippen LogP contribution in [-0.2, 0) is 6.42 Å². The predicted octanol–water partition coefficient (Wildman–Crippen LogP) is 4.52. The molecule has 0 unspecified atom stereocenters. The van der Waals surface area contributed by atoms with Crippen molar-refractivity contribution in [3.63, 3.8) is 0 Å². The molecule has 7 heteroatoms. The summed E-state index contributed by atoms with van der Waals surface area (Å²) in [5.74, 6) is 1.01. The van der Waals surface area contributed by atoms with E-state index in [4.69, 9.17) is 18.8 Å². The van der Waals surface area contributed by atoms with Crippen LogP contribution in [0.15, 0.2) is 88.4 Å². The second kappa shape index (κ2) is 8.23. The lowest BCUT2D eigenvalue weighted by Gasteiger charge is -2.09. The number of pyridine rings is 1. The number of benzene rings is 1. The van der Waals surface area contributed by atoms with Crippen LogP contribution in [0.25, 0.3) is 33.9 Å². The largest absolute Gasteiger partial charge is 0.463 e. The smallest absolute Gasteiger partial charge is 0.251 e. The molecule has 5 rings (SSSR count). The molecule has 1 amide bonds. The highest BCUT2D eigenvalue weighted by molar-refractivity contribution is 5.97. The zero-order valence-corrected chi connectivity index (χ0v) is 16.5. The minimum atomic E-state index is -0.165. The minimum absolute atomic E-state index is 0.165. The number of hydrogen-bond acceptors (Lipinski definition) is 6. The van der Waals surface area contributed by atoms with Gasteiger partial charge in [0.2, 0.25) is 0 Å². The molecule has 0 aliphatic carbocycles. The van der Waals surface area contributed by atoms with Crippen LogP contribution in [-0.4, -0.2) is 27.4 Å². The molecule has 1 N–H and O–H groups in total. The molecule has 0 atom stereocenters. The minimum Gasteiger partial charge on any atom is -0.463 e. The van der Waals surface area contributed by atoms with Gasteiger partial charge in [0.1, 0.15) is 11.4 Å². The number of amides is 1. The van der Waals surface area contributed by atoms with Crippen molar-refractivity contribution in [1.29, 1.82) is 0 Å². The van der Waals surface area contributed by atoms with E-state index in [-0.39, 0.29) is 5.91 Å². The van der Waals surface area contributed by atoms with Gasteiger partial charge in [0.15, 0.2) is 11.5 Å². The van der Waals surface area contributed by atoms with Crippen LogP contribution in [0.3, 0.4) is 0 Å². The predicted molar refractivity (Wildman–Crippen MR) is 115 cm³/mol. The molecule has 31 heavy (non-hydrogen) atoms. The van der Waals surface area contributed by atoms with Crippen molar-refractivity contribution < 1.29 is 13.6 Å². The molecule has 4 heterocycles. The van der Waals surface area contributed by atoms with E-state index in [1.807, 2.05) is 24.3 Å². The van der Waals surface area contributed by atoms with E-state index in [0.717, 1.165) is 5.56 Å². The molecule has 7 nitrogen and oxygen atoms in total. The van der Waals surface area contributed by atoms with Crippen LogP contribution in [0, 0.1) is 0 Å². The maximum Gasteiger partial charge on any atom is 0.251 e. The molecule has 0 radical (unpaired) electrons. The summed E-state index contributed by atoms with van der Waals surface area (Å²) in [6.07, 6.45) is 7.41. The maximum atomic E-state index is 12.6. The Hall–Kier alpha value is -4.26. The van der Waals surface area contributed by atoms with Gasteiger partial charge in [-0.25, -0.2) is 9.97 Å². The molecular weight excluding hydrogens is 392 g/mol. The molecule has 0 aliphatic heterocycles. The van der Waals surface area contributed by atoms with E-state index in [1.54, 1.807) is 55.3 Å². The number of fused-ring (bicyclic) bond motifs is 1. The summed E-state index contributed by atoms with van der Waals surface area (Å²) in [6, 6.07) is 16.4. The fourth-order valence-electron chi connectivity index (χ4n) is 3.33. The van der Waals surface area contributed by atoms with E-state index in [1.165, 1.54) is 0 Å². The van der Waals surface area contributed by atoms with Gasteiger partial charge in [-0.2, -0.15) is 0 Å². The Morgan fingerprint density at radius 3 is 2.26 bits per heavy atom. The highest BCUT2D eigenvalue weighted by atomic mass is 16.3. The standard InChI is InChI=1S/C24H18N4O3/c29-24(26-11-9-16-4-1-10-25-15-16)17-7-8-18-19(14-17)28-23(21-6-3-13-31-21)22(27-18)20-5-2-12-30-20/h1-8,10,12-15H,9,11H2,(H,26,29). The Kier molecular flexibility index (Phi) is 4.98. The molecule has 1 aromatic carbocycles. The van der Waals surface area contributed by atoms with Crippen molar-refractivity contribution in [2.24, 2.45) is 0 Å². The van der Waals surface area contributed by atoms with Crippen molar-refractivity contribution in [2.75, 3.05) is 6.54 Å². The van der Waals surface area contributed by atoms with Crippen molar-refractivity contribution in [3.8, 4) is 22.9 Å². The Labute approximate surface area is 177 Å². The van der Waals surface area contributed by atoms with Crippen molar-refractivity contribution in [1.82, 2.24) is 20.3 Å². The lowest BCUT2D eigenvalue weighted by molar-refractivity contribution is 0.0954. The van der Waals surface area contributed by atoms with Crippen molar-refractivity contribution >= 4 is 16.9 Å². The molecule has 152 valence electrons. The fourth-order valence-corrected chi connectivity index (χ4v) is 3.33. The van der Waals surface area contributed by atoms with Gasteiger partial charge in [0.25, 0.3) is 5.91 Å². The molecule has 0 fully saturated rings. The molecule has 4 aromatic heterocycles. The molecular formula is C24H18N4O3. The van der Waals surface area contributed by atoms with Gasteiger partial charge in [-0.3, -0.25) is 9.78 Å². The number of aromatic nitrogens is 3. The molecule has 5 aromatic rings. The van der Waals surface area contributed by atoms with Gasteiger partial charge in [0.05, 0.1) is 23.6 Å². The molecule has 0 spiro atoms. The normalized spacial score (nSPS) is 11.0. The van der Waals surface area contributed by atoms with E-state index < -0.39 is 0 Å². The first-order valence-corrected chi connectivity index (χ1v) is 9.84. The molecule has 0 saturated carbocycles. The van der Waals surface area contributed by atoms with Crippen LogP contribution in [0.5, 0.6) is 0 Å². The van der Waals surface area contributed by atoms with Gasteiger partial charge in [-0.15, -0.1) is 0 Å². The SMILES string of the molecule is O=C(NCCc1cccnc1)c1ccc2nc(-c3ccco3)c(-c3ccco3)nc2c1. The Balaban J connectivity index is 1.44. The Morgan fingerprint density at radius 2 is 1.61 bits per heavy atom. The lowest BCUT2D eigenvalue weighted by Crippen LogP contribution is -2.25. The fraction of sp³-hybridized carbons (Fsp3) is 0.0833. The second-order valence-corrected chi connectivity index (χ2v) is 6.95. The number of carbonyl (C=O) groups is 1. The lowest BCUT2D eigenvalue weighted by atomic mass is 10.1. The number of rotatable bonds is 6. The molecule has 0 aliphatic rings. The Bertz CT molecular complexity index is 1310. The third-order valence-electron chi connectivity index (χ3n) is 4.86. The van der Waals surface area contributed by atoms with Gasteiger partial charge in [-0.1, -0.05) is 6.07 Å². The van der Waals surface area contributed by atoms with Crippen LogP contribution in [0.2, 0.25) is 0 Å². The van der Waals surface area contributed by atoms with Crippen LogP contribution < -0.4 is 5.32 Å². The van der Waals surface area contributed by atoms with Gasteiger partial charge < -0.3 is 14.2 Å². The summed E-state index contributed by atoms with van der Waals surface area (Å²) in [4.78, 5) is 26.2. The molecule has 0 bridgehead atoms. The number of hydrogen-bond donors (Lipinski definition) is 1. The summed E-state index contributed by atoms with van der Waals surface area (Å²) in [5.41, 5.74) is 3.99. The van der Waals surface area contributed by atoms with Crippen molar-refractivity contribution in [3.05, 3.63) is 90.6 Å². The summed E-state index contributed by atoms with van der Waals surface area (Å²) < 4.78 is 11.1. The van der Waals surface area contributed by atoms with Gasteiger partial charge in [0, 0.05) is 24.5 Å². The monoisotopic (exact) mass is 410 g/mol. The van der Waals surface area contributed by atoms with Gasteiger partial charge >= 0.3 is 0 Å². The molecule has 0 saturated heterocycles. The zero-order valence-electron chi connectivity index (χ0n) is 16.5. The highest BCUT2D eigenvalue weighted by Crippen LogP contribution is 2.31. The zero-order chi connectivity index (χ0) is 21.0. The van der Waals surface area contributed by atoms with Gasteiger partial charge in [-0.05, 0) is 60.5 Å². The van der Waals surface area contributed by atoms with E-state index >= 15 is 0 Å². The third-order valence-corrected chi connectivity index (χ3v) is 4.86. The van der Waals surface area contributed by atoms with E-state index in [2.05, 4.69) is 10.3 Å². The number of carbonyl (C=O) groups excluding carboxylic acids is 1. The third kappa shape index (κ3) is 3.93. The number of furan rings is 2. The first kappa shape index (κ1) is 18.7. The average molecular weight is 410 g/mol. The Morgan fingerprint density at radius 1 is 0.871 bits per heavy atom. The second-order valence-electron chi connectivity index (χ2n) is 6.95. The number of nitrogens with one attached hydrogen (secondary N) is 1. The summed E-state index contributed by atoms with van der Waals surface area (Å²) in [7, 11) is 0. The quantitative estimate of drug-likeness (QED) is 0.442. The summed E-state index contributed by atoms with van der Waals surface area (Å²) in [6.45, 7) is 0.517. The van der Waals surface area contributed by atoms with Crippen molar-refractivity contribution in [2.45, 2.75) is 6.42 Å². The topological polar surface area (TPSA) is 94.1 Å². The highest BCUT2D eigenvalue weighted by Gasteiger charge is 2.18. The number of nitrogens with zero attached hydrogens (tertiary/aromatic N) is 3. The summed E-state index contributed by atoms with van der Waals surface area (Å²) in [5, 5.41) is 2.94. The summed E-state index contributed by atoms with van der Waals surface area (Å²) >= 11 is 0. The van der Waals surface area contributed by atoms with E-state index in [0.29, 0.717) is 52.5 Å². The van der Waals surface area contributed by atoms with E-state index in [9.17, 15) is 4.79 Å². The first-order chi connectivity index (χ1) is 15.3. The maximum absolute atomic E-state index is 12.6. The van der Waals surface area contributed by atoms with Crippen LogP contribution >= 0.6 is 0 Å². The average Bonchev–Trinajstić information content (AvgIpc) is 3.53. The van der Waals surface area contributed by atoms with Crippen LogP contribution in [0.1, 0.15) is 15.9 Å². The van der Waals surface area contributed by atoms with Crippen LogP contribution in [0.4, 0.5) is 0 Å².